The number of hydrogen-bond donors (Lipinski definition) is 1. The molecule has 0 aliphatic carbocycles. The van der Waals surface area contributed by atoms with Crippen LogP contribution in [0.3, 0.4) is 0 Å². The van der Waals surface area contributed by atoms with E-state index in [4.69, 9.17) is 5.11 Å². The van der Waals surface area contributed by atoms with Crippen molar-refractivity contribution in [2.75, 3.05) is 14.1 Å². The van der Waals surface area contributed by atoms with Gasteiger partial charge in [-0.25, -0.2) is 0 Å². The lowest BCUT2D eigenvalue weighted by Crippen LogP contribution is -2.20. The van der Waals surface area contributed by atoms with Crippen LogP contribution in [0.2, 0.25) is 0 Å². The minimum Gasteiger partial charge on any atom is -0.481 e. The van der Waals surface area contributed by atoms with E-state index >= 15 is 0 Å². The van der Waals surface area contributed by atoms with Gasteiger partial charge in [-0.2, -0.15) is 0 Å². The number of amides is 1. The maximum Gasteiger partial charge on any atom is 0.303 e. The lowest BCUT2D eigenvalue weighted by atomic mass is 10.1. The molecule has 1 amide bonds. The molecule has 0 rings (SSSR count). The Balaban J connectivity index is 3.10. The van der Waals surface area contributed by atoms with Crippen LogP contribution in [0.25, 0.3) is 0 Å². The van der Waals surface area contributed by atoms with Gasteiger partial charge in [-0.05, 0) is 12.8 Å². The third-order valence-corrected chi connectivity index (χ3v) is 3.53. The molecule has 0 spiro atoms. The lowest BCUT2D eigenvalue weighted by Gasteiger charge is -2.09. The monoisotopic (exact) mass is 285 g/mol. The van der Waals surface area contributed by atoms with Crippen molar-refractivity contribution >= 4 is 11.9 Å². The Hall–Kier alpha value is -1.06. The molecule has 0 fully saturated rings. The van der Waals surface area contributed by atoms with E-state index in [0.29, 0.717) is 12.8 Å². The number of nitrogens with zero attached hydrogens (tertiary/aromatic N) is 1. The predicted molar refractivity (Wildman–Crippen MR) is 81.7 cm³/mol. The van der Waals surface area contributed by atoms with Gasteiger partial charge in [0.15, 0.2) is 0 Å². The maximum absolute atomic E-state index is 11.3. The quantitative estimate of drug-likeness (QED) is 0.523. The van der Waals surface area contributed by atoms with Crippen molar-refractivity contribution < 1.29 is 14.7 Å². The normalized spacial score (nSPS) is 10.5. The second kappa shape index (κ2) is 12.9. The number of aliphatic carboxylic acids is 1. The van der Waals surface area contributed by atoms with Gasteiger partial charge < -0.3 is 10.0 Å². The molecule has 118 valence electrons. The molecule has 0 heterocycles. The van der Waals surface area contributed by atoms with Gasteiger partial charge in [-0.1, -0.05) is 51.4 Å². The Kier molecular flexibility index (Phi) is 12.3. The predicted octanol–water partition coefficient (Wildman–Crippen LogP) is 3.84. The average molecular weight is 285 g/mol. The Morgan fingerprint density at radius 1 is 0.700 bits per heavy atom. The zero-order valence-corrected chi connectivity index (χ0v) is 13.2. The maximum atomic E-state index is 11.3. The first-order valence-corrected chi connectivity index (χ1v) is 7.96. The minimum absolute atomic E-state index is 0.228. The molecule has 0 aromatic carbocycles. The molecule has 0 unspecified atom stereocenters. The summed E-state index contributed by atoms with van der Waals surface area (Å²) in [5, 5.41) is 8.50. The second-order valence-corrected chi connectivity index (χ2v) is 5.72. The van der Waals surface area contributed by atoms with Gasteiger partial charge in [0.25, 0.3) is 0 Å². The van der Waals surface area contributed by atoms with Gasteiger partial charge in [0.1, 0.15) is 0 Å². The van der Waals surface area contributed by atoms with E-state index in [-0.39, 0.29) is 5.91 Å². The zero-order chi connectivity index (χ0) is 15.2. The van der Waals surface area contributed by atoms with Crippen LogP contribution in [0, 0.1) is 0 Å². The topological polar surface area (TPSA) is 57.6 Å². The van der Waals surface area contributed by atoms with Crippen LogP contribution in [0.4, 0.5) is 0 Å². The fraction of sp³-hybridized carbons (Fsp3) is 0.875. The van der Waals surface area contributed by atoms with Crippen molar-refractivity contribution in [1.82, 2.24) is 4.90 Å². The summed E-state index contributed by atoms with van der Waals surface area (Å²) < 4.78 is 0. The van der Waals surface area contributed by atoms with E-state index in [9.17, 15) is 9.59 Å². The largest absolute Gasteiger partial charge is 0.481 e. The minimum atomic E-state index is -0.683. The van der Waals surface area contributed by atoms with Gasteiger partial charge >= 0.3 is 5.97 Å². The first-order chi connectivity index (χ1) is 9.54. The molecule has 1 N–H and O–H groups in total. The van der Waals surface area contributed by atoms with E-state index in [2.05, 4.69) is 0 Å². The van der Waals surface area contributed by atoms with E-state index in [1.807, 2.05) is 0 Å². The molecule has 0 aromatic rings. The number of carbonyl (C=O) groups is 2. The average Bonchev–Trinajstić information content (AvgIpc) is 2.39. The summed E-state index contributed by atoms with van der Waals surface area (Å²) in [5.41, 5.74) is 0. The van der Waals surface area contributed by atoms with E-state index in [1.165, 1.54) is 32.1 Å². The highest BCUT2D eigenvalue weighted by molar-refractivity contribution is 5.75. The Bertz CT molecular complexity index is 264. The van der Waals surface area contributed by atoms with Crippen molar-refractivity contribution in [1.29, 1.82) is 0 Å². The van der Waals surface area contributed by atoms with Gasteiger partial charge in [0, 0.05) is 26.9 Å². The first kappa shape index (κ1) is 18.9. The molecule has 4 nitrogen and oxygen atoms in total. The number of carbonyl (C=O) groups excluding carboxylic acids is 1. The van der Waals surface area contributed by atoms with Crippen molar-refractivity contribution in [2.45, 2.75) is 77.0 Å². The molecule has 4 heteroatoms. The SMILES string of the molecule is CN(C)C(=O)CCCCCCCCCCCCC(=O)O. The first-order valence-electron chi connectivity index (χ1n) is 7.96. The van der Waals surface area contributed by atoms with Crippen LogP contribution >= 0.6 is 0 Å². The highest BCUT2D eigenvalue weighted by atomic mass is 16.4. The Morgan fingerprint density at radius 3 is 1.40 bits per heavy atom. The van der Waals surface area contributed by atoms with Crippen molar-refractivity contribution in [3.63, 3.8) is 0 Å². The van der Waals surface area contributed by atoms with Crippen LogP contribution in [0.15, 0.2) is 0 Å². The van der Waals surface area contributed by atoms with Crippen LogP contribution in [0.5, 0.6) is 0 Å². The highest BCUT2D eigenvalue weighted by Crippen LogP contribution is 2.12. The zero-order valence-electron chi connectivity index (χ0n) is 13.2. The molecular weight excluding hydrogens is 254 g/mol. The Labute approximate surface area is 123 Å². The van der Waals surface area contributed by atoms with Crippen LogP contribution in [0.1, 0.15) is 77.0 Å². The van der Waals surface area contributed by atoms with Gasteiger partial charge in [0.05, 0.1) is 0 Å². The second-order valence-electron chi connectivity index (χ2n) is 5.72. The molecule has 0 aromatic heterocycles. The molecule has 0 aliphatic rings. The van der Waals surface area contributed by atoms with Crippen LogP contribution in [-0.4, -0.2) is 36.0 Å². The molecule has 0 atom stereocenters. The molecule has 0 radical (unpaired) electrons. The summed E-state index contributed by atoms with van der Waals surface area (Å²) in [6, 6.07) is 0. The molecule has 0 aliphatic heterocycles. The summed E-state index contributed by atoms with van der Waals surface area (Å²) in [5.74, 6) is -0.455. The molecule has 0 saturated heterocycles. The fourth-order valence-corrected chi connectivity index (χ4v) is 2.19. The Morgan fingerprint density at radius 2 is 1.05 bits per heavy atom. The summed E-state index contributed by atoms with van der Waals surface area (Å²) in [6.45, 7) is 0. The fourth-order valence-electron chi connectivity index (χ4n) is 2.19. The third-order valence-electron chi connectivity index (χ3n) is 3.53. The summed E-state index contributed by atoms with van der Waals surface area (Å²) >= 11 is 0. The van der Waals surface area contributed by atoms with Crippen molar-refractivity contribution in [3.8, 4) is 0 Å². The summed E-state index contributed by atoms with van der Waals surface area (Å²) in [6.07, 6.45) is 12.4. The lowest BCUT2D eigenvalue weighted by molar-refractivity contribution is -0.137. The van der Waals surface area contributed by atoms with E-state index in [1.54, 1.807) is 19.0 Å². The van der Waals surface area contributed by atoms with Crippen molar-refractivity contribution in [3.05, 3.63) is 0 Å². The molecular formula is C16H31NO3. The number of carboxylic acid groups (broad SMARTS) is 1. The smallest absolute Gasteiger partial charge is 0.303 e. The molecule has 0 saturated carbocycles. The summed E-state index contributed by atoms with van der Waals surface area (Å²) in [4.78, 5) is 23.3. The number of carboxylic acids is 1. The van der Waals surface area contributed by atoms with E-state index in [0.717, 1.165) is 32.1 Å². The molecule has 0 bridgehead atoms. The molecule has 20 heavy (non-hydrogen) atoms. The highest BCUT2D eigenvalue weighted by Gasteiger charge is 2.02. The number of rotatable bonds is 13. The van der Waals surface area contributed by atoms with Crippen molar-refractivity contribution in [2.24, 2.45) is 0 Å². The van der Waals surface area contributed by atoms with Crippen LogP contribution in [-0.2, 0) is 9.59 Å². The number of unbranched alkanes of at least 4 members (excludes halogenated alkanes) is 9. The summed E-state index contributed by atoms with van der Waals surface area (Å²) in [7, 11) is 3.61. The van der Waals surface area contributed by atoms with Gasteiger partial charge in [0.2, 0.25) is 5.91 Å². The standard InChI is InChI=1S/C16H31NO3/c1-17(2)15(18)13-11-9-7-5-3-4-6-8-10-12-14-16(19)20/h3-14H2,1-2H3,(H,19,20). The number of hydrogen-bond acceptors (Lipinski definition) is 2. The van der Waals surface area contributed by atoms with E-state index < -0.39 is 5.97 Å². The third kappa shape index (κ3) is 13.4. The van der Waals surface area contributed by atoms with Crippen LogP contribution < -0.4 is 0 Å². The van der Waals surface area contributed by atoms with Gasteiger partial charge in [-0.3, -0.25) is 9.59 Å². The van der Waals surface area contributed by atoms with Gasteiger partial charge in [-0.15, -0.1) is 0 Å².